The molecule has 15 heavy (non-hydrogen) atoms. The molecule has 3 nitrogen and oxygen atoms in total. The maximum atomic E-state index is 11.3. The summed E-state index contributed by atoms with van der Waals surface area (Å²) in [6, 6.07) is 0. The number of hydrogen-bond donors (Lipinski definition) is 1. The molecule has 1 aliphatic heterocycles. The largest absolute Gasteiger partial charge is 0.343 e. The minimum absolute atomic E-state index is 0.345. The van der Waals surface area contributed by atoms with Crippen molar-refractivity contribution in [2.24, 2.45) is 5.92 Å². The number of nitrogens with zero attached hydrogens (tertiary/aromatic N) is 1. The third-order valence-corrected chi connectivity index (χ3v) is 2.85. The molecule has 0 unspecified atom stereocenters. The van der Waals surface area contributed by atoms with Gasteiger partial charge in [0.25, 0.3) is 0 Å². The number of rotatable bonds is 7. The maximum Gasteiger partial charge on any atom is 0.222 e. The molecule has 1 fully saturated rings. The lowest BCUT2D eigenvalue weighted by atomic mass is 10.1. The van der Waals surface area contributed by atoms with E-state index in [1.807, 2.05) is 4.90 Å². The molecule has 0 aromatic rings. The van der Waals surface area contributed by atoms with Gasteiger partial charge in [-0.25, -0.2) is 0 Å². The summed E-state index contributed by atoms with van der Waals surface area (Å²) in [6.07, 6.45) is 4.15. The van der Waals surface area contributed by atoms with Crippen LogP contribution < -0.4 is 5.32 Å². The second kappa shape index (κ2) is 6.83. The first-order chi connectivity index (χ1) is 7.20. The molecule has 1 saturated heterocycles. The number of carbonyl (C=O) groups excluding carboxylic acids is 1. The third-order valence-electron chi connectivity index (χ3n) is 2.85. The van der Waals surface area contributed by atoms with Crippen LogP contribution >= 0.6 is 0 Å². The Morgan fingerprint density at radius 3 is 2.80 bits per heavy atom. The number of amides is 1. The van der Waals surface area contributed by atoms with Gasteiger partial charge in [-0.2, -0.15) is 0 Å². The lowest BCUT2D eigenvalue weighted by Gasteiger charge is -2.15. The molecule has 0 bridgehead atoms. The Morgan fingerprint density at radius 1 is 1.40 bits per heavy atom. The Bertz CT molecular complexity index is 192. The van der Waals surface area contributed by atoms with Crippen molar-refractivity contribution in [3.8, 4) is 0 Å². The Hall–Kier alpha value is -0.570. The Balaban J connectivity index is 1.90. The lowest BCUT2D eigenvalue weighted by Crippen LogP contribution is -2.28. The summed E-state index contributed by atoms with van der Waals surface area (Å²) in [6.45, 7) is 8.54. The van der Waals surface area contributed by atoms with Crippen LogP contribution in [-0.2, 0) is 4.79 Å². The molecule has 1 heterocycles. The number of hydrogen-bond acceptors (Lipinski definition) is 2. The second-order valence-electron chi connectivity index (χ2n) is 4.77. The fraction of sp³-hybridized carbons (Fsp3) is 0.917. The SMILES string of the molecule is CC(C)CCNCCCN1CCCC1=O. The van der Waals surface area contributed by atoms with E-state index in [1.54, 1.807) is 0 Å². The predicted molar refractivity (Wildman–Crippen MR) is 62.8 cm³/mol. The number of likely N-dealkylation sites (tertiary alicyclic amines) is 1. The van der Waals surface area contributed by atoms with E-state index in [-0.39, 0.29) is 0 Å². The summed E-state index contributed by atoms with van der Waals surface area (Å²) < 4.78 is 0. The minimum atomic E-state index is 0.345. The molecule has 0 aromatic carbocycles. The second-order valence-corrected chi connectivity index (χ2v) is 4.77. The van der Waals surface area contributed by atoms with Crippen molar-refractivity contribution >= 4 is 5.91 Å². The molecule has 0 saturated carbocycles. The average molecular weight is 212 g/mol. The van der Waals surface area contributed by atoms with Gasteiger partial charge >= 0.3 is 0 Å². The normalized spacial score (nSPS) is 16.7. The predicted octanol–water partition coefficient (Wildman–Crippen LogP) is 1.63. The zero-order chi connectivity index (χ0) is 11.1. The van der Waals surface area contributed by atoms with Gasteiger partial charge < -0.3 is 10.2 Å². The first-order valence-electron chi connectivity index (χ1n) is 6.18. The van der Waals surface area contributed by atoms with Crippen LogP contribution in [0.2, 0.25) is 0 Å². The summed E-state index contributed by atoms with van der Waals surface area (Å²) in [7, 11) is 0. The summed E-state index contributed by atoms with van der Waals surface area (Å²) in [4.78, 5) is 13.3. The molecule has 1 rings (SSSR count). The highest BCUT2D eigenvalue weighted by Crippen LogP contribution is 2.09. The highest BCUT2D eigenvalue weighted by molar-refractivity contribution is 5.77. The zero-order valence-corrected chi connectivity index (χ0v) is 10.1. The minimum Gasteiger partial charge on any atom is -0.343 e. The van der Waals surface area contributed by atoms with Crippen LogP contribution in [0.15, 0.2) is 0 Å². The average Bonchev–Trinajstić information content (AvgIpc) is 2.57. The zero-order valence-electron chi connectivity index (χ0n) is 10.1. The third kappa shape index (κ3) is 5.17. The topological polar surface area (TPSA) is 32.3 Å². The molecule has 3 heteroatoms. The molecule has 0 aliphatic carbocycles. The van der Waals surface area contributed by atoms with Gasteiger partial charge in [0.1, 0.15) is 0 Å². The molecule has 0 atom stereocenters. The van der Waals surface area contributed by atoms with Crippen LogP contribution in [0.1, 0.15) is 39.5 Å². The van der Waals surface area contributed by atoms with E-state index in [9.17, 15) is 4.79 Å². The fourth-order valence-electron chi connectivity index (χ4n) is 1.85. The van der Waals surface area contributed by atoms with E-state index < -0.39 is 0 Å². The van der Waals surface area contributed by atoms with E-state index in [0.717, 1.165) is 51.4 Å². The van der Waals surface area contributed by atoms with Crippen LogP contribution in [0.25, 0.3) is 0 Å². The van der Waals surface area contributed by atoms with Crippen molar-refractivity contribution in [1.29, 1.82) is 0 Å². The first-order valence-corrected chi connectivity index (χ1v) is 6.18. The van der Waals surface area contributed by atoms with Crippen molar-refractivity contribution < 1.29 is 4.79 Å². The van der Waals surface area contributed by atoms with E-state index in [2.05, 4.69) is 19.2 Å². The highest BCUT2D eigenvalue weighted by Gasteiger charge is 2.18. The fourth-order valence-corrected chi connectivity index (χ4v) is 1.85. The molecule has 0 spiro atoms. The smallest absolute Gasteiger partial charge is 0.222 e. The van der Waals surface area contributed by atoms with Crippen molar-refractivity contribution in [2.75, 3.05) is 26.2 Å². The van der Waals surface area contributed by atoms with Crippen LogP contribution in [0, 0.1) is 5.92 Å². The Morgan fingerprint density at radius 2 is 2.20 bits per heavy atom. The van der Waals surface area contributed by atoms with E-state index >= 15 is 0 Å². The summed E-state index contributed by atoms with van der Waals surface area (Å²) in [5.74, 6) is 1.12. The Labute approximate surface area is 93.2 Å². The van der Waals surface area contributed by atoms with Crippen molar-refractivity contribution in [2.45, 2.75) is 39.5 Å². The monoisotopic (exact) mass is 212 g/mol. The summed E-state index contributed by atoms with van der Waals surface area (Å²) >= 11 is 0. The van der Waals surface area contributed by atoms with E-state index in [0.29, 0.717) is 5.91 Å². The van der Waals surface area contributed by atoms with Crippen LogP contribution in [-0.4, -0.2) is 37.0 Å². The van der Waals surface area contributed by atoms with E-state index in [1.165, 1.54) is 6.42 Å². The van der Waals surface area contributed by atoms with Crippen molar-refractivity contribution in [3.05, 3.63) is 0 Å². The van der Waals surface area contributed by atoms with Gasteiger partial charge in [-0.3, -0.25) is 4.79 Å². The van der Waals surface area contributed by atoms with Crippen LogP contribution in [0.4, 0.5) is 0 Å². The van der Waals surface area contributed by atoms with E-state index in [4.69, 9.17) is 0 Å². The first kappa shape index (κ1) is 12.5. The van der Waals surface area contributed by atoms with Crippen molar-refractivity contribution in [3.63, 3.8) is 0 Å². The molecule has 1 amide bonds. The highest BCUT2D eigenvalue weighted by atomic mass is 16.2. The molecule has 88 valence electrons. The summed E-state index contributed by atoms with van der Waals surface area (Å²) in [5, 5.41) is 3.42. The molecule has 1 N–H and O–H groups in total. The van der Waals surface area contributed by atoms with Gasteiger partial charge in [-0.15, -0.1) is 0 Å². The van der Waals surface area contributed by atoms with Gasteiger partial charge in [-0.1, -0.05) is 13.8 Å². The quantitative estimate of drug-likeness (QED) is 0.651. The van der Waals surface area contributed by atoms with Crippen LogP contribution in [0.5, 0.6) is 0 Å². The van der Waals surface area contributed by atoms with Crippen LogP contribution in [0.3, 0.4) is 0 Å². The van der Waals surface area contributed by atoms with Crippen molar-refractivity contribution in [1.82, 2.24) is 10.2 Å². The number of carbonyl (C=O) groups is 1. The van der Waals surface area contributed by atoms with Gasteiger partial charge in [-0.05, 0) is 38.3 Å². The van der Waals surface area contributed by atoms with Gasteiger partial charge in [0.2, 0.25) is 5.91 Å². The maximum absolute atomic E-state index is 11.3. The molecule has 1 aliphatic rings. The molecule has 0 radical (unpaired) electrons. The molecule has 0 aromatic heterocycles. The molecular formula is C12H24N2O. The van der Waals surface area contributed by atoms with Gasteiger partial charge in [0.15, 0.2) is 0 Å². The van der Waals surface area contributed by atoms with Gasteiger partial charge in [0, 0.05) is 19.5 Å². The standard InChI is InChI=1S/C12H24N2O/c1-11(2)6-8-13-7-4-10-14-9-3-5-12(14)15/h11,13H,3-10H2,1-2H3. The lowest BCUT2D eigenvalue weighted by molar-refractivity contribution is -0.127. The van der Waals surface area contributed by atoms with Gasteiger partial charge in [0.05, 0.1) is 0 Å². The number of nitrogens with one attached hydrogen (secondary N) is 1. The summed E-state index contributed by atoms with van der Waals surface area (Å²) in [5.41, 5.74) is 0. The molecular weight excluding hydrogens is 188 g/mol. The Kier molecular flexibility index (Phi) is 5.69.